The minimum atomic E-state index is -0.545. The molecular formula is C18H19F2NO3. The van der Waals surface area contributed by atoms with E-state index in [4.69, 9.17) is 9.47 Å². The SMILES string of the molecule is COc1ccc(CCC(=O)NCc2cc(F)ccc2F)cc1OC. The van der Waals surface area contributed by atoms with E-state index >= 15 is 0 Å². The zero-order chi connectivity index (χ0) is 17.5. The van der Waals surface area contributed by atoms with E-state index in [-0.39, 0.29) is 24.4 Å². The van der Waals surface area contributed by atoms with Gasteiger partial charge in [-0.2, -0.15) is 0 Å². The summed E-state index contributed by atoms with van der Waals surface area (Å²) in [6, 6.07) is 8.58. The van der Waals surface area contributed by atoms with Crippen molar-refractivity contribution in [3.8, 4) is 11.5 Å². The van der Waals surface area contributed by atoms with E-state index in [0.717, 1.165) is 23.8 Å². The highest BCUT2D eigenvalue weighted by Crippen LogP contribution is 2.27. The molecule has 6 heteroatoms. The van der Waals surface area contributed by atoms with Crippen molar-refractivity contribution >= 4 is 5.91 Å². The highest BCUT2D eigenvalue weighted by molar-refractivity contribution is 5.76. The molecule has 0 bridgehead atoms. The molecule has 4 nitrogen and oxygen atoms in total. The van der Waals surface area contributed by atoms with Crippen LogP contribution in [0.1, 0.15) is 17.5 Å². The third-order valence-corrected chi connectivity index (χ3v) is 3.57. The summed E-state index contributed by atoms with van der Waals surface area (Å²) in [5.41, 5.74) is 1.04. The molecule has 0 heterocycles. The summed E-state index contributed by atoms with van der Waals surface area (Å²) in [5.74, 6) is -0.111. The van der Waals surface area contributed by atoms with E-state index in [1.54, 1.807) is 26.4 Å². The van der Waals surface area contributed by atoms with Crippen LogP contribution < -0.4 is 14.8 Å². The fourth-order valence-corrected chi connectivity index (χ4v) is 2.25. The van der Waals surface area contributed by atoms with Gasteiger partial charge in [0.05, 0.1) is 14.2 Å². The Labute approximate surface area is 139 Å². The van der Waals surface area contributed by atoms with Crippen LogP contribution in [0, 0.1) is 11.6 Å². The first-order valence-electron chi connectivity index (χ1n) is 7.45. The molecule has 1 N–H and O–H groups in total. The molecule has 0 aliphatic rings. The van der Waals surface area contributed by atoms with Gasteiger partial charge in [-0.05, 0) is 42.3 Å². The van der Waals surface area contributed by atoms with Gasteiger partial charge in [0.2, 0.25) is 5.91 Å². The molecule has 0 spiro atoms. The first kappa shape index (κ1) is 17.7. The molecule has 0 aliphatic heterocycles. The molecule has 0 aromatic heterocycles. The van der Waals surface area contributed by atoms with Gasteiger partial charge in [-0.3, -0.25) is 4.79 Å². The second-order valence-corrected chi connectivity index (χ2v) is 5.20. The number of hydrogen-bond acceptors (Lipinski definition) is 3. The van der Waals surface area contributed by atoms with E-state index in [2.05, 4.69) is 5.32 Å². The molecule has 24 heavy (non-hydrogen) atoms. The summed E-state index contributed by atoms with van der Waals surface area (Å²) in [6.07, 6.45) is 0.726. The highest BCUT2D eigenvalue weighted by atomic mass is 19.1. The molecule has 128 valence electrons. The lowest BCUT2D eigenvalue weighted by atomic mass is 10.1. The number of nitrogens with one attached hydrogen (secondary N) is 1. The van der Waals surface area contributed by atoms with Crippen molar-refractivity contribution in [3.63, 3.8) is 0 Å². The van der Waals surface area contributed by atoms with Crippen molar-refractivity contribution in [2.75, 3.05) is 14.2 Å². The van der Waals surface area contributed by atoms with Crippen LogP contribution in [0.25, 0.3) is 0 Å². The summed E-state index contributed by atoms with van der Waals surface area (Å²) >= 11 is 0. The maximum atomic E-state index is 13.5. The van der Waals surface area contributed by atoms with E-state index in [0.29, 0.717) is 17.9 Å². The van der Waals surface area contributed by atoms with Crippen molar-refractivity contribution in [2.24, 2.45) is 0 Å². The average Bonchev–Trinajstić information content (AvgIpc) is 2.60. The number of aryl methyl sites for hydroxylation is 1. The summed E-state index contributed by atoms with van der Waals surface area (Å²) in [6.45, 7) is -0.0473. The van der Waals surface area contributed by atoms with Crippen LogP contribution in [-0.4, -0.2) is 20.1 Å². The molecule has 2 rings (SSSR count). The Morgan fingerprint density at radius 2 is 1.79 bits per heavy atom. The van der Waals surface area contributed by atoms with E-state index < -0.39 is 11.6 Å². The average molecular weight is 335 g/mol. The van der Waals surface area contributed by atoms with Crippen molar-refractivity contribution in [1.82, 2.24) is 5.32 Å². The van der Waals surface area contributed by atoms with Gasteiger partial charge >= 0.3 is 0 Å². The number of carbonyl (C=O) groups is 1. The molecular weight excluding hydrogens is 316 g/mol. The molecule has 0 saturated carbocycles. The van der Waals surface area contributed by atoms with Gasteiger partial charge in [0.1, 0.15) is 11.6 Å². The third-order valence-electron chi connectivity index (χ3n) is 3.57. The molecule has 0 saturated heterocycles. The summed E-state index contributed by atoms with van der Waals surface area (Å²) in [7, 11) is 3.10. The summed E-state index contributed by atoms with van der Waals surface area (Å²) in [4.78, 5) is 11.9. The summed E-state index contributed by atoms with van der Waals surface area (Å²) < 4.78 is 36.9. The molecule has 2 aromatic rings. The van der Waals surface area contributed by atoms with Crippen LogP contribution in [0.15, 0.2) is 36.4 Å². The lowest BCUT2D eigenvalue weighted by Gasteiger charge is -2.10. The summed E-state index contributed by atoms with van der Waals surface area (Å²) in [5, 5.41) is 2.59. The Bertz CT molecular complexity index is 719. The predicted molar refractivity (Wildman–Crippen MR) is 86.1 cm³/mol. The first-order chi connectivity index (χ1) is 11.5. The monoisotopic (exact) mass is 335 g/mol. The minimum Gasteiger partial charge on any atom is -0.493 e. The van der Waals surface area contributed by atoms with Gasteiger partial charge in [-0.25, -0.2) is 8.78 Å². The lowest BCUT2D eigenvalue weighted by Crippen LogP contribution is -2.23. The third kappa shape index (κ3) is 4.68. The van der Waals surface area contributed by atoms with E-state index in [9.17, 15) is 13.6 Å². The van der Waals surface area contributed by atoms with Crippen molar-refractivity contribution < 1.29 is 23.0 Å². The van der Waals surface area contributed by atoms with Crippen LogP contribution >= 0.6 is 0 Å². The van der Waals surface area contributed by atoms with Gasteiger partial charge in [0.25, 0.3) is 0 Å². The molecule has 0 aliphatic carbocycles. The molecule has 0 atom stereocenters. The Morgan fingerprint density at radius 3 is 2.50 bits per heavy atom. The lowest BCUT2D eigenvalue weighted by molar-refractivity contribution is -0.121. The van der Waals surface area contributed by atoms with Crippen LogP contribution in [0.2, 0.25) is 0 Å². The number of halogens is 2. The minimum absolute atomic E-state index is 0.0473. The van der Waals surface area contributed by atoms with E-state index in [1.165, 1.54) is 0 Å². The Morgan fingerprint density at radius 1 is 1.04 bits per heavy atom. The fourth-order valence-electron chi connectivity index (χ4n) is 2.25. The van der Waals surface area contributed by atoms with Crippen molar-refractivity contribution in [2.45, 2.75) is 19.4 Å². The molecule has 0 radical (unpaired) electrons. The maximum Gasteiger partial charge on any atom is 0.220 e. The molecule has 1 amide bonds. The second-order valence-electron chi connectivity index (χ2n) is 5.20. The van der Waals surface area contributed by atoms with Gasteiger partial charge < -0.3 is 14.8 Å². The maximum absolute atomic E-state index is 13.5. The number of ether oxygens (including phenoxy) is 2. The van der Waals surface area contributed by atoms with Crippen LogP contribution in [0.4, 0.5) is 8.78 Å². The Balaban J connectivity index is 1.88. The highest BCUT2D eigenvalue weighted by Gasteiger charge is 2.09. The predicted octanol–water partition coefficient (Wildman–Crippen LogP) is 3.23. The zero-order valence-electron chi connectivity index (χ0n) is 13.6. The van der Waals surface area contributed by atoms with E-state index in [1.807, 2.05) is 6.07 Å². The molecule has 2 aromatic carbocycles. The quantitative estimate of drug-likeness (QED) is 0.845. The van der Waals surface area contributed by atoms with Crippen molar-refractivity contribution in [3.05, 3.63) is 59.2 Å². The number of benzene rings is 2. The smallest absolute Gasteiger partial charge is 0.220 e. The normalized spacial score (nSPS) is 10.3. The largest absolute Gasteiger partial charge is 0.493 e. The first-order valence-corrected chi connectivity index (χ1v) is 7.45. The van der Waals surface area contributed by atoms with Gasteiger partial charge in [0, 0.05) is 18.5 Å². The number of rotatable bonds is 7. The number of carbonyl (C=O) groups excluding carboxylic acids is 1. The standard InChI is InChI=1S/C18H19F2NO3/c1-23-16-7-3-12(9-17(16)24-2)4-8-18(22)21-11-13-10-14(19)5-6-15(13)20/h3,5-7,9-10H,4,8,11H2,1-2H3,(H,21,22). The van der Waals surface area contributed by atoms with Crippen LogP contribution in [0.3, 0.4) is 0 Å². The number of hydrogen-bond donors (Lipinski definition) is 1. The fraction of sp³-hybridized carbons (Fsp3) is 0.278. The van der Waals surface area contributed by atoms with Gasteiger partial charge in [-0.15, -0.1) is 0 Å². The topological polar surface area (TPSA) is 47.6 Å². The number of methoxy groups -OCH3 is 2. The second kappa shape index (κ2) is 8.29. The van der Waals surface area contributed by atoms with Crippen LogP contribution in [0.5, 0.6) is 11.5 Å². The molecule has 0 unspecified atom stereocenters. The zero-order valence-corrected chi connectivity index (χ0v) is 13.6. The van der Waals surface area contributed by atoms with Gasteiger partial charge in [-0.1, -0.05) is 6.07 Å². The van der Waals surface area contributed by atoms with Gasteiger partial charge in [0.15, 0.2) is 11.5 Å². The van der Waals surface area contributed by atoms with Crippen LogP contribution in [-0.2, 0) is 17.8 Å². The Kier molecular flexibility index (Phi) is 6.12. The van der Waals surface area contributed by atoms with Crippen molar-refractivity contribution in [1.29, 1.82) is 0 Å². The Hall–Kier alpha value is -2.63. The number of amides is 1. The molecule has 0 fully saturated rings.